The summed E-state index contributed by atoms with van der Waals surface area (Å²) in [6, 6.07) is 15.9. The van der Waals surface area contributed by atoms with E-state index in [2.05, 4.69) is 54.7 Å². The molecule has 0 bridgehead atoms. The normalized spacial score (nSPS) is 17.1. The number of rotatable bonds is 8. The van der Waals surface area contributed by atoms with Crippen LogP contribution in [0.4, 0.5) is 0 Å². The second kappa shape index (κ2) is 10.8. The fourth-order valence-corrected chi connectivity index (χ4v) is 4.55. The molecule has 4 rings (SSSR count). The zero-order valence-corrected chi connectivity index (χ0v) is 21.6. The number of allylic oxidation sites excluding steroid dienone is 1. The van der Waals surface area contributed by atoms with Crippen LogP contribution < -0.4 is 5.56 Å². The summed E-state index contributed by atoms with van der Waals surface area (Å²) in [5.74, 6) is -0.963. The van der Waals surface area contributed by atoms with Gasteiger partial charge in [-0.2, -0.15) is 0 Å². The van der Waals surface area contributed by atoms with E-state index < -0.39 is 11.9 Å². The third-order valence-corrected chi connectivity index (χ3v) is 6.65. The summed E-state index contributed by atoms with van der Waals surface area (Å²) < 4.78 is 7.45. The summed E-state index contributed by atoms with van der Waals surface area (Å²) in [4.78, 5) is 31.2. The van der Waals surface area contributed by atoms with Crippen LogP contribution in [0, 0.1) is 25.7 Å². The summed E-state index contributed by atoms with van der Waals surface area (Å²) in [7, 11) is 3.38. The first-order valence-corrected chi connectivity index (χ1v) is 12.1. The van der Waals surface area contributed by atoms with Crippen LogP contribution in [0.15, 0.2) is 81.8 Å². The van der Waals surface area contributed by atoms with Crippen molar-refractivity contribution in [2.45, 2.75) is 26.9 Å². The fourth-order valence-electron chi connectivity index (χ4n) is 4.55. The number of ether oxygens (including phenoxy) is 1. The lowest BCUT2D eigenvalue weighted by molar-refractivity contribution is -0.138. The van der Waals surface area contributed by atoms with Gasteiger partial charge >= 0.3 is 5.97 Å². The average molecular weight is 498 g/mol. The van der Waals surface area contributed by atoms with E-state index in [9.17, 15) is 9.59 Å². The van der Waals surface area contributed by atoms with E-state index in [1.165, 1.54) is 6.21 Å². The smallest absolute Gasteiger partial charge is 0.307 e. The zero-order chi connectivity index (χ0) is 26.7. The zero-order valence-electron chi connectivity index (χ0n) is 21.6. The first-order valence-electron chi connectivity index (χ1n) is 12.1. The van der Waals surface area contributed by atoms with Crippen molar-refractivity contribution >= 4 is 18.1 Å². The lowest BCUT2D eigenvalue weighted by Crippen LogP contribution is -2.13. The van der Waals surface area contributed by atoms with Crippen molar-refractivity contribution in [2.75, 3.05) is 7.05 Å². The molecule has 190 valence electrons. The second-order valence-electron chi connectivity index (χ2n) is 9.44. The molecule has 1 N–H and O–H groups in total. The summed E-state index contributed by atoms with van der Waals surface area (Å²) in [6.45, 7) is 8.38. The molecular weight excluding hydrogens is 466 g/mol. The van der Waals surface area contributed by atoms with Gasteiger partial charge in [0.2, 0.25) is 11.5 Å². The van der Waals surface area contributed by atoms with Gasteiger partial charge in [0.05, 0.1) is 12.1 Å². The number of carbonyl (C=O) groups is 1. The number of aliphatic carboxylic acids is 1. The van der Waals surface area contributed by atoms with Crippen molar-refractivity contribution in [3.8, 4) is 22.3 Å². The maximum atomic E-state index is 11.8. The quantitative estimate of drug-likeness (QED) is 0.343. The monoisotopic (exact) mass is 497 g/mol. The molecule has 1 heterocycles. The molecule has 0 radical (unpaired) electrons. The molecule has 1 aliphatic rings. The highest BCUT2D eigenvalue weighted by atomic mass is 16.5. The molecule has 0 aliphatic heterocycles. The van der Waals surface area contributed by atoms with Gasteiger partial charge in [-0.1, -0.05) is 36.9 Å². The Morgan fingerprint density at radius 3 is 2.46 bits per heavy atom. The Bertz CT molecular complexity index is 1460. The largest absolute Gasteiger partial charge is 0.481 e. The Labute approximate surface area is 216 Å². The lowest BCUT2D eigenvalue weighted by Gasteiger charge is -2.15. The molecule has 1 aromatic heterocycles. The van der Waals surface area contributed by atoms with Crippen LogP contribution in [-0.2, 0) is 23.2 Å². The number of aromatic nitrogens is 1. The van der Waals surface area contributed by atoms with Gasteiger partial charge in [0, 0.05) is 38.0 Å². The fraction of sp³-hybridized carbons (Fsp3) is 0.267. The first kappa shape index (κ1) is 25.8. The van der Waals surface area contributed by atoms with Crippen molar-refractivity contribution in [3.05, 3.63) is 94.0 Å². The summed E-state index contributed by atoms with van der Waals surface area (Å²) in [6.07, 6.45) is 3.92. The number of hydrogen-bond acceptors (Lipinski definition) is 5. The minimum Gasteiger partial charge on any atom is -0.481 e. The van der Waals surface area contributed by atoms with Gasteiger partial charge in [-0.05, 0) is 71.3 Å². The molecule has 1 saturated carbocycles. The highest BCUT2D eigenvalue weighted by molar-refractivity contribution is 6.26. The average Bonchev–Trinajstić information content (AvgIpc) is 3.67. The molecule has 3 aromatic rings. The molecule has 2 aromatic carbocycles. The van der Waals surface area contributed by atoms with Gasteiger partial charge in [-0.25, -0.2) is 0 Å². The van der Waals surface area contributed by atoms with Crippen LogP contribution in [0.1, 0.15) is 23.1 Å². The lowest BCUT2D eigenvalue weighted by atomic mass is 9.91. The molecule has 0 saturated heterocycles. The van der Waals surface area contributed by atoms with E-state index >= 15 is 0 Å². The van der Waals surface area contributed by atoms with Crippen molar-refractivity contribution in [1.29, 1.82) is 0 Å². The minimum absolute atomic E-state index is 0.0323. The third-order valence-electron chi connectivity index (χ3n) is 6.65. The highest BCUT2D eigenvalue weighted by Crippen LogP contribution is 2.44. The predicted octanol–water partition coefficient (Wildman–Crippen LogP) is 5.19. The number of carboxylic acids is 1. The van der Waals surface area contributed by atoms with Gasteiger partial charge in [0.15, 0.2) is 0 Å². The number of carboxylic acid groups (broad SMARTS) is 1. The Balaban J connectivity index is 1.47. The predicted molar refractivity (Wildman–Crippen MR) is 147 cm³/mol. The molecule has 1 fully saturated rings. The van der Waals surface area contributed by atoms with Gasteiger partial charge in [0.1, 0.15) is 6.61 Å². The topological polar surface area (TPSA) is 93.3 Å². The second-order valence-corrected chi connectivity index (χ2v) is 9.44. The number of benzene rings is 2. The maximum absolute atomic E-state index is 11.8. The molecule has 37 heavy (non-hydrogen) atoms. The Kier molecular flexibility index (Phi) is 7.53. The molecule has 1 aliphatic carbocycles. The highest BCUT2D eigenvalue weighted by Gasteiger charge is 2.45. The van der Waals surface area contributed by atoms with E-state index in [1.807, 2.05) is 24.4 Å². The van der Waals surface area contributed by atoms with Crippen LogP contribution in [0.3, 0.4) is 0 Å². The first-order chi connectivity index (χ1) is 17.7. The van der Waals surface area contributed by atoms with Crippen molar-refractivity contribution < 1.29 is 14.6 Å². The molecule has 7 nitrogen and oxygen atoms in total. The maximum Gasteiger partial charge on any atom is 0.307 e. The molecule has 7 heteroatoms. The van der Waals surface area contributed by atoms with Gasteiger partial charge in [0.25, 0.3) is 0 Å². The van der Waals surface area contributed by atoms with E-state index in [4.69, 9.17) is 9.84 Å². The van der Waals surface area contributed by atoms with Crippen LogP contribution >= 0.6 is 0 Å². The Morgan fingerprint density at radius 1 is 1.11 bits per heavy atom. The Hall–Kier alpha value is -4.26. The van der Waals surface area contributed by atoms with Gasteiger partial charge in [-0.15, -0.1) is 0 Å². The number of nitrogens with zero attached hydrogens (tertiary/aromatic N) is 3. The summed E-state index contributed by atoms with van der Waals surface area (Å²) in [5.41, 5.74) is 8.09. The van der Waals surface area contributed by atoms with Crippen LogP contribution in [0.2, 0.25) is 0 Å². The van der Waals surface area contributed by atoms with Crippen molar-refractivity contribution in [1.82, 2.24) is 4.57 Å². The van der Waals surface area contributed by atoms with E-state index in [1.54, 1.807) is 24.7 Å². The van der Waals surface area contributed by atoms with E-state index in [-0.39, 0.29) is 11.5 Å². The van der Waals surface area contributed by atoms with E-state index in [0.717, 1.165) is 38.9 Å². The number of aryl methyl sites for hydroxylation is 3. The minimum atomic E-state index is -0.811. The van der Waals surface area contributed by atoms with E-state index in [0.29, 0.717) is 24.6 Å². The van der Waals surface area contributed by atoms with Crippen LogP contribution in [0.25, 0.3) is 22.3 Å². The summed E-state index contributed by atoms with van der Waals surface area (Å²) >= 11 is 0. The number of aliphatic imine (C=N–C) groups is 2. The standard InChI is InChI=1S/C30H31N3O4/c1-18-11-24(23-9-10-28(34)33(5)16-23)12-19(2)29(18)22-8-6-7-21(13-22)17-37-27(31-4)15-32-20(3)25-14-26(25)30(35)36/h6-13,15-16,25-26H,3,14,17H2,1-2,4-5H3,(H,35,36)/t25?,26-/m1/s1. The van der Waals surface area contributed by atoms with Crippen LogP contribution in [0.5, 0.6) is 0 Å². The summed E-state index contributed by atoms with van der Waals surface area (Å²) in [5, 5.41) is 9.08. The molecule has 0 spiro atoms. The third kappa shape index (κ3) is 5.94. The molecule has 2 atom stereocenters. The number of pyridine rings is 1. The molecular formula is C30H31N3O4. The molecule has 1 unspecified atom stereocenters. The van der Waals surface area contributed by atoms with Crippen molar-refractivity contribution in [3.63, 3.8) is 0 Å². The van der Waals surface area contributed by atoms with Gasteiger partial charge < -0.3 is 14.4 Å². The molecule has 0 amide bonds. The van der Waals surface area contributed by atoms with Gasteiger partial charge in [-0.3, -0.25) is 19.6 Å². The van der Waals surface area contributed by atoms with Crippen molar-refractivity contribution in [2.24, 2.45) is 28.9 Å². The van der Waals surface area contributed by atoms with Crippen LogP contribution in [-0.4, -0.2) is 34.8 Å². The Morgan fingerprint density at radius 2 is 1.84 bits per heavy atom. The SMILES string of the molecule is C=C(N=CC(=NC)OCc1cccc(-c2c(C)cc(-c3ccc(=O)n(C)c3)cc2C)c1)C1C[C@H]1C(=O)O. The number of hydrogen-bond donors (Lipinski definition) is 1.